The molecule has 1 heterocycles. The van der Waals surface area contributed by atoms with Crippen LogP contribution in [0.4, 0.5) is 8.78 Å². The molecule has 1 aromatic heterocycles. The summed E-state index contributed by atoms with van der Waals surface area (Å²) >= 11 is 0. The first-order chi connectivity index (χ1) is 9.17. The minimum absolute atomic E-state index is 0.0960. The molecule has 0 radical (unpaired) electrons. The van der Waals surface area contributed by atoms with E-state index < -0.39 is 17.6 Å². The van der Waals surface area contributed by atoms with E-state index in [4.69, 9.17) is 5.26 Å². The lowest BCUT2D eigenvalue weighted by molar-refractivity contribution is 0.381. The van der Waals surface area contributed by atoms with Gasteiger partial charge in [-0.05, 0) is 18.2 Å². The van der Waals surface area contributed by atoms with E-state index in [0.717, 1.165) is 12.1 Å². The maximum absolute atomic E-state index is 13.9. The van der Waals surface area contributed by atoms with E-state index in [-0.39, 0.29) is 17.0 Å². The fraction of sp³-hybridized carbons (Fsp3) is 0.154. The Bertz CT molecular complexity index is 626. The predicted octanol–water partition coefficient (Wildman–Crippen LogP) is 2.42. The number of nitrogens with zero attached hydrogens (tertiary/aromatic N) is 3. The van der Waals surface area contributed by atoms with Crippen molar-refractivity contribution < 1.29 is 13.5 Å². The smallest absolute Gasteiger partial charge is 0.165 e. The van der Waals surface area contributed by atoms with Crippen molar-refractivity contribution >= 4 is 0 Å². The van der Waals surface area contributed by atoms with Crippen molar-refractivity contribution in [3.8, 4) is 11.8 Å². The molecule has 0 saturated carbocycles. The number of rotatable bonds is 3. The number of benzene rings is 1. The van der Waals surface area contributed by atoms with Crippen LogP contribution in [0.25, 0.3) is 0 Å². The number of hydrogen-bond donors (Lipinski definition) is 0. The second kappa shape index (κ2) is 5.40. The van der Waals surface area contributed by atoms with E-state index in [0.29, 0.717) is 0 Å². The molecule has 2 aromatic rings. The van der Waals surface area contributed by atoms with Gasteiger partial charge in [-0.2, -0.15) is 15.5 Å². The van der Waals surface area contributed by atoms with Crippen LogP contribution in [0.15, 0.2) is 30.5 Å². The van der Waals surface area contributed by atoms with Crippen molar-refractivity contribution in [1.29, 1.82) is 5.26 Å². The average Bonchev–Trinajstić information content (AvgIpc) is 2.44. The second-order valence-corrected chi connectivity index (χ2v) is 3.72. The van der Waals surface area contributed by atoms with E-state index in [1.54, 1.807) is 6.07 Å². The summed E-state index contributed by atoms with van der Waals surface area (Å²) in [6.45, 7) is 0. The molecular formula is C13H9F2N3O. The summed E-state index contributed by atoms with van der Waals surface area (Å²) < 4.78 is 32.2. The highest BCUT2D eigenvalue weighted by molar-refractivity contribution is 5.39. The molecule has 2 rings (SSSR count). The molecule has 1 unspecified atom stereocenters. The Morgan fingerprint density at radius 1 is 1.32 bits per heavy atom. The molecule has 1 atom stereocenters. The van der Waals surface area contributed by atoms with Crippen molar-refractivity contribution in [3.63, 3.8) is 0 Å². The summed E-state index contributed by atoms with van der Waals surface area (Å²) in [7, 11) is 1.24. The van der Waals surface area contributed by atoms with Crippen molar-refractivity contribution in [3.05, 3.63) is 53.4 Å². The van der Waals surface area contributed by atoms with Crippen LogP contribution in [0.1, 0.15) is 17.2 Å². The van der Waals surface area contributed by atoms with E-state index in [1.165, 1.54) is 19.4 Å². The third-order valence-corrected chi connectivity index (χ3v) is 2.60. The number of hydrogen-bond acceptors (Lipinski definition) is 4. The zero-order chi connectivity index (χ0) is 13.8. The summed E-state index contributed by atoms with van der Waals surface area (Å²) in [5, 5.41) is 16.5. The van der Waals surface area contributed by atoms with Gasteiger partial charge in [0.2, 0.25) is 0 Å². The van der Waals surface area contributed by atoms with Gasteiger partial charge in [0.05, 0.1) is 18.9 Å². The first kappa shape index (κ1) is 12.9. The molecule has 4 nitrogen and oxygen atoms in total. The quantitative estimate of drug-likeness (QED) is 0.851. The molecule has 0 amide bonds. The Labute approximate surface area is 108 Å². The third kappa shape index (κ3) is 2.50. The van der Waals surface area contributed by atoms with Crippen molar-refractivity contribution in [2.45, 2.75) is 5.92 Å². The lowest BCUT2D eigenvalue weighted by Crippen LogP contribution is -2.06. The van der Waals surface area contributed by atoms with E-state index in [2.05, 4.69) is 14.9 Å². The highest BCUT2D eigenvalue weighted by Crippen LogP contribution is 2.29. The molecule has 0 aliphatic heterocycles. The fourth-order valence-electron chi connectivity index (χ4n) is 1.68. The number of nitriles is 1. The average molecular weight is 261 g/mol. The molecule has 0 aliphatic carbocycles. The van der Waals surface area contributed by atoms with Gasteiger partial charge in [0.1, 0.15) is 11.7 Å². The van der Waals surface area contributed by atoms with Gasteiger partial charge in [-0.1, -0.05) is 0 Å². The molecule has 0 saturated heterocycles. The fourth-order valence-corrected chi connectivity index (χ4v) is 1.68. The first-order valence-corrected chi connectivity index (χ1v) is 5.37. The Hall–Kier alpha value is -2.55. The molecule has 0 aliphatic rings. The molecule has 0 N–H and O–H groups in total. The van der Waals surface area contributed by atoms with Gasteiger partial charge in [0, 0.05) is 17.8 Å². The summed E-state index contributed by atoms with van der Waals surface area (Å²) in [6.07, 6.45) is 1.43. The van der Waals surface area contributed by atoms with Gasteiger partial charge < -0.3 is 4.74 Å². The van der Waals surface area contributed by atoms with Gasteiger partial charge in [-0.3, -0.25) is 0 Å². The summed E-state index contributed by atoms with van der Waals surface area (Å²) in [5.74, 6) is -2.69. The topological polar surface area (TPSA) is 58.8 Å². The van der Waals surface area contributed by atoms with Crippen LogP contribution in [-0.4, -0.2) is 17.3 Å². The normalized spacial score (nSPS) is 11.7. The standard InChI is InChI=1S/C13H9F2N3O/c1-19-13-6-10(14)8(5-11(13)15)9(7-16)12-3-2-4-17-18-12/h2-6,9H,1H3. The van der Waals surface area contributed by atoms with Crippen LogP contribution in [0.5, 0.6) is 5.75 Å². The Morgan fingerprint density at radius 3 is 2.68 bits per heavy atom. The first-order valence-electron chi connectivity index (χ1n) is 5.37. The van der Waals surface area contributed by atoms with Crippen LogP contribution in [0.2, 0.25) is 0 Å². The van der Waals surface area contributed by atoms with Crippen molar-refractivity contribution in [2.75, 3.05) is 7.11 Å². The molecule has 0 spiro atoms. The van der Waals surface area contributed by atoms with Crippen LogP contribution in [0, 0.1) is 23.0 Å². The number of aromatic nitrogens is 2. The number of methoxy groups -OCH3 is 1. The van der Waals surface area contributed by atoms with Gasteiger partial charge in [0.15, 0.2) is 11.6 Å². The SMILES string of the molecule is COc1cc(F)c(C(C#N)c2cccnn2)cc1F. The Balaban J connectivity index is 2.51. The van der Waals surface area contributed by atoms with Gasteiger partial charge in [0.25, 0.3) is 0 Å². The number of halogens is 2. The largest absolute Gasteiger partial charge is 0.494 e. The number of ether oxygens (including phenoxy) is 1. The van der Waals surface area contributed by atoms with Crippen LogP contribution < -0.4 is 4.74 Å². The third-order valence-electron chi connectivity index (χ3n) is 2.60. The predicted molar refractivity (Wildman–Crippen MR) is 62.4 cm³/mol. The maximum Gasteiger partial charge on any atom is 0.165 e. The molecule has 0 fully saturated rings. The van der Waals surface area contributed by atoms with Crippen molar-refractivity contribution in [2.24, 2.45) is 0 Å². The molecule has 6 heteroatoms. The minimum atomic E-state index is -1.02. The molecule has 0 bridgehead atoms. The van der Waals surface area contributed by atoms with Gasteiger partial charge >= 0.3 is 0 Å². The van der Waals surface area contributed by atoms with E-state index >= 15 is 0 Å². The van der Waals surface area contributed by atoms with E-state index in [1.807, 2.05) is 6.07 Å². The second-order valence-electron chi connectivity index (χ2n) is 3.72. The summed E-state index contributed by atoms with van der Waals surface area (Å²) in [6, 6.07) is 6.84. The highest BCUT2D eigenvalue weighted by atomic mass is 19.1. The van der Waals surface area contributed by atoms with Crippen LogP contribution >= 0.6 is 0 Å². The molecule has 19 heavy (non-hydrogen) atoms. The zero-order valence-electron chi connectivity index (χ0n) is 9.97. The van der Waals surface area contributed by atoms with Crippen LogP contribution in [0.3, 0.4) is 0 Å². The van der Waals surface area contributed by atoms with Gasteiger partial charge in [-0.15, -0.1) is 0 Å². The van der Waals surface area contributed by atoms with Gasteiger partial charge in [-0.25, -0.2) is 8.78 Å². The maximum atomic E-state index is 13.9. The molecule has 96 valence electrons. The Kier molecular flexibility index (Phi) is 3.66. The lowest BCUT2D eigenvalue weighted by atomic mass is 9.96. The monoisotopic (exact) mass is 261 g/mol. The Morgan fingerprint density at radius 2 is 2.11 bits per heavy atom. The summed E-state index contributed by atoms with van der Waals surface area (Å²) in [4.78, 5) is 0. The summed E-state index contributed by atoms with van der Waals surface area (Å²) in [5.41, 5.74) is 0.162. The molecule has 1 aromatic carbocycles. The minimum Gasteiger partial charge on any atom is -0.494 e. The van der Waals surface area contributed by atoms with Crippen LogP contribution in [-0.2, 0) is 0 Å². The lowest BCUT2D eigenvalue weighted by Gasteiger charge is -2.11. The highest BCUT2D eigenvalue weighted by Gasteiger charge is 2.21. The molecular weight excluding hydrogens is 252 g/mol. The zero-order valence-corrected chi connectivity index (χ0v) is 9.97. The van der Waals surface area contributed by atoms with E-state index in [9.17, 15) is 8.78 Å². The van der Waals surface area contributed by atoms with Crippen molar-refractivity contribution in [1.82, 2.24) is 10.2 Å².